The van der Waals surface area contributed by atoms with Crippen LogP contribution in [-0.4, -0.2) is 21.3 Å². The smallest absolute Gasteiger partial charge is 0.313 e. The standard InChI is InChI=1S/C13H15F3N4/c1-3-17-5-10-6-18-9(2)4-12(10)20-8-11(7-19-20)13(14,15)16/h4,6-8,17H,3,5H2,1-2H3. The molecule has 4 nitrogen and oxygen atoms in total. The highest BCUT2D eigenvalue weighted by Gasteiger charge is 2.32. The van der Waals surface area contributed by atoms with Crippen LogP contribution in [0.2, 0.25) is 0 Å². The van der Waals surface area contributed by atoms with Crippen molar-refractivity contribution in [1.82, 2.24) is 20.1 Å². The lowest BCUT2D eigenvalue weighted by atomic mass is 10.2. The molecule has 108 valence electrons. The normalized spacial score (nSPS) is 11.8. The van der Waals surface area contributed by atoms with Gasteiger partial charge in [0.15, 0.2) is 0 Å². The third-order valence-corrected chi connectivity index (χ3v) is 2.82. The van der Waals surface area contributed by atoms with Crippen LogP contribution < -0.4 is 5.32 Å². The number of alkyl halides is 3. The first-order valence-corrected chi connectivity index (χ1v) is 6.20. The number of halogens is 3. The predicted octanol–water partition coefficient (Wildman–Crippen LogP) is 2.70. The summed E-state index contributed by atoms with van der Waals surface area (Å²) >= 11 is 0. The van der Waals surface area contributed by atoms with Crippen molar-refractivity contribution in [1.29, 1.82) is 0 Å². The number of nitrogens with zero attached hydrogens (tertiary/aromatic N) is 3. The molecule has 0 saturated carbocycles. The summed E-state index contributed by atoms with van der Waals surface area (Å²) in [5.41, 5.74) is 1.37. The summed E-state index contributed by atoms with van der Waals surface area (Å²) in [6.07, 6.45) is -0.915. The minimum Gasteiger partial charge on any atom is -0.313 e. The fourth-order valence-electron chi connectivity index (χ4n) is 1.78. The zero-order valence-corrected chi connectivity index (χ0v) is 11.2. The van der Waals surface area contributed by atoms with Crippen molar-refractivity contribution in [2.24, 2.45) is 0 Å². The zero-order chi connectivity index (χ0) is 14.8. The number of rotatable bonds is 4. The number of hydrogen-bond donors (Lipinski definition) is 1. The highest BCUT2D eigenvalue weighted by molar-refractivity contribution is 5.40. The van der Waals surface area contributed by atoms with Crippen molar-refractivity contribution >= 4 is 0 Å². The SMILES string of the molecule is CCNCc1cnc(C)cc1-n1cc(C(F)(F)F)cn1. The Morgan fingerprint density at radius 1 is 1.30 bits per heavy atom. The van der Waals surface area contributed by atoms with Crippen molar-refractivity contribution in [3.63, 3.8) is 0 Å². The third-order valence-electron chi connectivity index (χ3n) is 2.82. The van der Waals surface area contributed by atoms with E-state index in [4.69, 9.17) is 0 Å². The van der Waals surface area contributed by atoms with Gasteiger partial charge in [-0.25, -0.2) is 4.68 Å². The molecule has 0 aromatic carbocycles. The van der Waals surface area contributed by atoms with Gasteiger partial charge >= 0.3 is 6.18 Å². The number of hydrogen-bond acceptors (Lipinski definition) is 3. The van der Waals surface area contributed by atoms with Crippen LogP contribution in [0, 0.1) is 6.92 Å². The minimum atomic E-state index is -4.39. The van der Waals surface area contributed by atoms with Crippen molar-refractivity contribution < 1.29 is 13.2 Å². The summed E-state index contributed by atoms with van der Waals surface area (Å²) < 4.78 is 39.1. The average molecular weight is 284 g/mol. The summed E-state index contributed by atoms with van der Waals surface area (Å²) in [6, 6.07) is 1.72. The first kappa shape index (κ1) is 14.5. The number of nitrogens with one attached hydrogen (secondary N) is 1. The minimum absolute atomic E-state index is 0.528. The Balaban J connectivity index is 2.40. The second-order valence-corrected chi connectivity index (χ2v) is 4.41. The lowest BCUT2D eigenvalue weighted by Gasteiger charge is -2.10. The van der Waals surface area contributed by atoms with E-state index >= 15 is 0 Å². The Bertz CT molecular complexity index is 590. The molecule has 7 heteroatoms. The summed E-state index contributed by atoms with van der Waals surface area (Å²) in [7, 11) is 0. The summed E-state index contributed by atoms with van der Waals surface area (Å²) in [5, 5.41) is 6.93. The molecule has 0 saturated heterocycles. The summed E-state index contributed by atoms with van der Waals surface area (Å²) in [6.45, 7) is 5.03. The van der Waals surface area contributed by atoms with Gasteiger partial charge < -0.3 is 5.32 Å². The first-order chi connectivity index (χ1) is 9.41. The molecule has 2 aromatic rings. The highest BCUT2D eigenvalue weighted by Crippen LogP contribution is 2.29. The van der Waals surface area contributed by atoms with Gasteiger partial charge in [-0.15, -0.1) is 0 Å². The van der Waals surface area contributed by atoms with Gasteiger partial charge in [0, 0.05) is 30.2 Å². The Morgan fingerprint density at radius 3 is 2.65 bits per heavy atom. The molecule has 0 spiro atoms. The molecule has 2 rings (SSSR count). The zero-order valence-electron chi connectivity index (χ0n) is 11.2. The largest absolute Gasteiger partial charge is 0.419 e. The highest BCUT2D eigenvalue weighted by atomic mass is 19.4. The molecule has 0 fully saturated rings. The molecule has 0 unspecified atom stereocenters. The van der Waals surface area contributed by atoms with Crippen LogP contribution in [0.15, 0.2) is 24.7 Å². The first-order valence-electron chi connectivity index (χ1n) is 6.20. The number of aryl methyl sites for hydroxylation is 1. The Labute approximate surface area is 114 Å². The fourth-order valence-corrected chi connectivity index (χ4v) is 1.78. The Hall–Kier alpha value is -1.89. The predicted molar refractivity (Wildman–Crippen MR) is 68.5 cm³/mol. The summed E-state index contributed by atoms with van der Waals surface area (Å²) in [5.74, 6) is 0. The van der Waals surface area contributed by atoms with E-state index in [2.05, 4.69) is 15.4 Å². The van der Waals surface area contributed by atoms with Crippen LogP contribution in [0.4, 0.5) is 13.2 Å². The molecule has 0 radical (unpaired) electrons. The topological polar surface area (TPSA) is 42.7 Å². The van der Waals surface area contributed by atoms with Gasteiger partial charge in [0.25, 0.3) is 0 Å². The molecule has 0 aliphatic rings. The quantitative estimate of drug-likeness (QED) is 0.938. The third kappa shape index (κ3) is 3.16. The van der Waals surface area contributed by atoms with Crippen LogP contribution in [0.3, 0.4) is 0 Å². The number of pyridine rings is 1. The fraction of sp³-hybridized carbons (Fsp3) is 0.385. The number of aromatic nitrogens is 3. The Morgan fingerprint density at radius 2 is 2.05 bits per heavy atom. The average Bonchev–Trinajstić information content (AvgIpc) is 2.86. The lowest BCUT2D eigenvalue weighted by Crippen LogP contribution is -2.14. The van der Waals surface area contributed by atoms with Crippen LogP contribution in [0.1, 0.15) is 23.7 Å². The van der Waals surface area contributed by atoms with E-state index in [1.807, 2.05) is 6.92 Å². The van der Waals surface area contributed by atoms with Crippen LogP contribution in [-0.2, 0) is 12.7 Å². The van der Waals surface area contributed by atoms with Crippen molar-refractivity contribution in [2.75, 3.05) is 6.54 Å². The van der Waals surface area contributed by atoms with Crippen LogP contribution >= 0.6 is 0 Å². The van der Waals surface area contributed by atoms with Gasteiger partial charge in [0.1, 0.15) is 0 Å². The molecule has 0 aliphatic heterocycles. The molecular weight excluding hydrogens is 269 g/mol. The van der Waals surface area contributed by atoms with E-state index in [1.54, 1.807) is 19.2 Å². The van der Waals surface area contributed by atoms with Gasteiger partial charge in [-0.05, 0) is 19.5 Å². The maximum absolute atomic E-state index is 12.6. The van der Waals surface area contributed by atoms with Gasteiger partial charge in [-0.2, -0.15) is 18.3 Å². The molecule has 1 N–H and O–H groups in total. The molecule has 0 bridgehead atoms. The maximum Gasteiger partial charge on any atom is 0.419 e. The van der Waals surface area contributed by atoms with Gasteiger partial charge in [0.05, 0.1) is 17.4 Å². The van der Waals surface area contributed by atoms with E-state index in [0.717, 1.165) is 30.2 Å². The molecule has 0 amide bonds. The van der Waals surface area contributed by atoms with Crippen molar-refractivity contribution in [2.45, 2.75) is 26.6 Å². The van der Waals surface area contributed by atoms with E-state index in [0.29, 0.717) is 12.2 Å². The van der Waals surface area contributed by atoms with E-state index < -0.39 is 11.7 Å². The monoisotopic (exact) mass is 284 g/mol. The van der Waals surface area contributed by atoms with E-state index in [-0.39, 0.29) is 0 Å². The van der Waals surface area contributed by atoms with Crippen molar-refractivity contribution in [3.8, 4) is 5.69 Å². The van der Waals surface area contributed by atoms with Crippen LogP contribution in [0.25, 0.3) is 5.69 Å². The molecule has 0 atom stereocenters. The molecule has 0 aliphatic carbocycles. The molecule has 2 heterocycles. The second kappa shape index (κ2) is 5.62. The molecular formula is C13H15F3N4. The van der Waals surface area contributed by atoms with E-state index in [1.165, 1.54) is 4.68 Å². The van der Waals surface area contributed by atoms with Gasteiger partial charge in [0.2, 0.25) is 0 Å². The van der Waals surface area contributed by atoms with Crippen LogP contribution in [0.5, 0.6) is 0 Å². The second-order valence-electron chi connectivity index (χ2n) is 4.41. The molecule has 20 heavy (non-hydrogen) atoms. The maximum atomic E-state index is 12.6. The lowest BCUT2D eigenvalue weighted by molar-refractivity contribution is -0.137. The van der Waals surface area contributed by atoms with Gasteiger partial charge in [-0.1, -0.05) is 6.92 Å². The summed E-state index contributed by atoms with van der Waals surface area (Å²) in [4.78, 5) is 4.17. The van der Waals surface area contributed by atoms with Gasteiger partial charge in [-0.3, -0.25) is 4.98 Å². The Kier molecular flexibility index (Phi) is 4.08. The van der Waals surface area contributed by atoms with E-state index in [9.17, 15) is 13.2 Å². The van der Waals surface area contributed by atoms with Crippen molar-refractivity contribution in [3.05, 3.63) is 41.5 Å². The molecule has 2 aromatic heterocycles.